The van der Waals surface area contributed by atoms with Gasteiger partial charge in [0.15, 0.2) is 6.61 Å². The lowest BCUT2D eigenvalue weighted by molar-refractivity contribution is -0.126. The zero-order chi connectivity index (χ0) is 17.4. The van der Waals surface area contributed by atoms with Crippen molar-refractivity contribution < 1.29 is 14.4 Å². The van der Waals surface area contributed by atoms with Crippen molar-refractivity contribution in [3.8, 4) is 0 Å². The van der Waals surface area contributed by atoms with Gasteiger partial charge in [-0.25, -0.2) is 0 Å². The van der Waals surface area contributed by atoms with Crippen LogP contribution in [0.2, 0.25) is 0 Å². The Morgan fingerprint density at radius 1 is 1.13 bits per heavy atom. The number of rotatable bonds is 7. The van der Waals surface area contributed by atoms with Crippen LogP contribution in [0.1, 0.15) is 40.2 Å². The van der Waals surface area contributed by atoms with Gasteiger partial charge in [-0.2, -0.15) is 0 Å². The van der Waals surface area contributed by atoms with Crippen molar-refractivity contribution in [2.75, 3.05) is 11.9 Å². The number of benzene rings is 1. The number of carbonyl (C=O) groups excluding carboxylic acids is 2. The van der Waals surface area contributed by atoms with E-state index >= 15 is 0 Å². The zero-order valence-electron chi connectivity index (χ0n) is 14.3. The van der Waals surface area contributed by atoms with Gasteiger partial charge in [-0.1, -0.05) is 31.1 Å². The fourth-order valence-corrected chi connectivity index (χ4v) is 1.70. The second-order valence-electron chi connectivity index (χ2n) is 5.81. The van der Waals surface area contributed by atoms with Crippen molar-refractivity contribution in [3.05, 3.63) is 29.8 Å². The van der Waals surface area contributed by atoms with Gasteiger partial charge in [-0.15, -0.1) is 0 Å². The summed E-state index contributed by atoms with van der Waals surface area (Å²) in [5, 5.41) is 9.48. The van der Waals surface area contributed by atoms with Gasteiger partial charge in [0.2, 0.25) is 5.91 Å². The van der Waals surface area contributed by atoms with Crippen molar-refractivity contribution in [3.63, 3.8) is 0 Å². The summed E-state index contributed by atoms with van der Waals surface area (Å²) >= 11 is 0. The Balaban J connectivity index is 2.50. The van der Waals surface area contributed by atoms with Gasteiger partial charge in [0.1, 0.15) is 0 Å². The van der Waals surface area contributed by atoms with Crippen LogP contribution in [-0.2, 0) is 14.4 Å². The van der Waals surface area contributed by atoms with E-state index in [1.165, 1.54) is 6.92 Å². The molecule has 1 rings (SSSR count). The van der Waals surface area contributed by atoms with Crippen LogP contribution in [0.5, 0.6) is 0 Å². The van der Waals surface area contributed by atoms with Gasteiger partial charge in [0.05, 0.1) is 5.71 Å². The SMILES string of the molecule is CC(=O)Nc1ccc(/C(C)=N/OCC(=O)NC(C)C(C)C)cc1. The molecule has 0 heterocycles. The molecule has 1 aromatic carbocycles. The fourth-order valence-electron chi connectivity index (χ4n) is 1.70. The smallest absolute Gasteiger partial charge is 0.260 e. The van der Waals surface area contributed by atoms with Gasteiger partial charge in [-0.05, 0) is 37.5 Å². The lowest BCUT2D eigenvalue weighted by Gasteiger charge is -2.16. The van der Waals surface area contributed by atoms with Crippen molar-refractivity contribution in [1.82, 2.24) is 5.32 Å². The van der Waals surface area contributed by atoms with E-state index in [0.717, 1.165) is 11.3 Å². The van der Waals surface area contributed by atoms with Crippen LogP contribution in [-0.4, -0.2) is 30.2 Å². The molecule has 2 amide bonds. The van der Waals surface area contributed by atoms with Gasteiger partial charge < -0.3 is 15.5 Å². The molecular weight excluding hydrogens is 294 g/mol. The fraction of sp³-hybridized carbons (Fsp3) is 0.471. The Labute approximate surface area is 137 Å². The Kier molecular flexibility index (Phi) is 7.25. The number of nitrogens with zero attached hydrogens (tertiary/aromatic N) is 1. The van der Waals surface area contributed by atoms with Crippen LogP contribution in [0, 0.1) is 5.92 Å². The summed E-state index contributed by atoms with van der Waals surface area (Å²) < 4.78 is 0. The molecule has 0 fully saturated rings. The molecule has 6 heteroatoms. The number of carbonyl (C=O) groups is 2. The molecule has 0 radical (unpaired) electrons. The number of oxime groups is 1. The average Bonchev–Trinajstić information content (AvgIpc) is 2.47. The molecule has 126 valence electrons. The summed E-state index contributed by atoms with van der Waals surface area (Å²) in [5.74, 6) is 0.0585. The van der Waals surface area contributed by atoms with Gasteiger partial charge in [-0.3, -0.25) is 9.59 Å². The van der Waals surface area contributed by atoms with Crippen LogP contribution in [0.15, 0.2) is 29.4 Å². The summed E-state index contributed by atoms with van der Waals surface area (Å²) in [6.45, 7) is 9.17. The van der Waals surface area contributed by atoms with Crippen LogP contribution < -0.4 is 10.6 Å². The van der Waals surface area contributed by atoms with Crippen LogP contribution in [0.3, 0.4) is 0 Å². The average molecular weight is 319 g/mol. The maximum absolute atomic E-state index is 11.7. The molecule has 1 unspecified atom stereocenters. The predicted octanol–water partition coefficient (Wildman–Crippen LogP) is 2.55. The molecule has 0 bridgehead atoms. The summed E-state index contributed by atoms with van der Waals surface area (Å²) in [6.07, 6.45) is 0. The Morgan fingerprint density at radius 2 is 1.74 bits per heavy atom. The zero-order valence-corrected chi connectivity index (χ0v) is 14.3. The van der Waals surface area contributed by atoms with Crippen molar-refractivity contribution >= 4 is 23.2 Å². The lowest BCUT2D eigenvalue weighted by Crippen LogP contribution is -2.38. The highest BCUT2D eigenvalue weighted by atomic mass is 16.6. The normalized spacial score (nSPS) is 12.7. The topological polar surface area (TPSA) is 79.8 Å². The molecule has 0 aliphatic rings. The van der Waals surface area contributed by atoms with E-state index in [9.17, 15) is 9.59 Å². The third kappa shape index (κ3) is 6.95. The lowest BCUT2D eigenvalue weighted by atomic mass is 10.1. The largest absolute Gasteiger partial charge is 0.385 e. The molecule has 23 heavy (non-hydrogen) atoms. The van der Waals surface area contributed by atoms with E-state index in [1.54, 1.807) is 19.1 Å². The molecule has 1 atom stereocenters. The van der Waals surface area contributed by atoms with Crippen molar-refractivity contribution in [2.24, 2.45) is 11.1 Å². The highest BCUT2D eigenvalue weighted by Crippen LogP contribution is 2.10. The predicted molar refractivity (Wildman–Crippen MR) is 91.4 cm³/mol. The first kappa shape index (κ1) is 18.7. The molecule has 0 saturated heterocycles. The van der Waals surface area contributed by atoms with E-state index in [4.69, 9.17) is 4.84 Å². The molecule has 1 aromatic rings. The monoisotopic (exact) mass is 319 g/mol. The number of hydrogen-bond acceptors (Lipinski definition) is 4. The number of nitrogens with one attached hydrogen (secondary N) is 2. The van der Waals surface area contributed by atoms with Crippen LogP contribution >= 0.6 is 0 Å². The third-order valence-electron chi connectivity index (χ3n) is 3.41. The molecule has 2 N–H and O–H groups in total. The van der Waals surface area contributed by atoms with E-state index < -0.39 is 0 Å². The third-order valence-corrected chi connectivity index (χ3v) is 3.41. The molecule has 0 saturated carbocycles. The second kappa shape index (κ2) is 8.92. The maximum atomic E-state index is 11.7. The van der Waals surface area contributed by atoms with Gasteiger partial charge in [0.25, 0.3) is 5.91 Å². The molecule has 0 aliphatic heterocycles. The maximum Gasteiger partial charge on any atom is 0.260 e. The minimum absolute atomic E-state index is 0.0949. The molecular formula is C17H25N3O3. The minimum atomic E-state index is -0.191. The van der Waals surface area contributed by atoms with E-state index in [1.807, 2.05) is 32.9 Å². The van der Waals surface area contributed by atoms with E-state index in [2.05, 4.69) is 15.8 Å². The minimum Gasteiger partial charge on any atom is -0.385 e. The summed E-state index contributed by atoms with van der Waals surface area (Å²) in [5.41, 5.74) is 2.23. The number of amides is 2. The van der Waals surface area contributed by atoms with Crippen molar-refractivity contribution in [1.29, 1.82) is 0 Å². The summed E-state index contributed by atoms with van der Waals surface area (Å²) in [6, 6.07) is 7.32. The first-order valence-electron chi connectivity index (χ1n) is 7.63. The Morgan fingerprint density at radius 3 is 2.26 bits per heavy atom. The van der Waals surface area contributed by atoms with Crippen LogP contribution in [0.4, 0.5) is 5.69 Å². The summed E-state index contributed by atoms with van der Waals surface area (Å²) in [4.78, 5) is 27.7. The summed E-state index contributed by atoms with van der Waals surface area (Å²) in [7, 11) is 0. The van der Waals surface area contributed by atoms with E-state index in [-0.39, 0.29) is 24.5 Å². The van der Waals surface area contributed by atoms with Crippen LogP contribution in [0.25, 0.3) is 0 Å². The van der Waals surface area contributed by atoms with Crippen molar-refractivity contribution in [2.45, 2.75) is 40.7 Å². The molecule has 0 aliphatic carbocycles. The highest BCUT2D eigenvalue weighted by Gasteiger charge is 2.10. The molecule has 0 spiro atoms. The molecule has 0 aromatic heterocycles. The first-order chi connectivity index (χ1) is 10.8. The Hall–Kier alpha value is -2.37. The first-order valence-corrected chi connectivity index (χ1v) is 7.63. The number of anilines is 1. The highest BCUT2D eigenvalue weighted by molar-refractivity contribution is 5.99. The number of hydrogen-bond donors (Lipinski definition) is 2. The standard InChI is InChI=1S/C17H25N3O3/c1-11(2)12(3)18-17(22)10-23-20-13(4)15-6-8-16(9-7-15)19-14(5)21/h6-9,11-12H,10H2,1-5H3,(H,18,22)(H,19,21)/b20-13+. The molecule has 6 nitrogen and oxygen atoms in total. The van der Waals surface area contributed by atoms with Gasteiger partial charge >= 0.3 is 0 Å². The van der Waals surface area contributed by atoms with Gasteiger partial charge in [0, 0.05) is 18.7 Å². The second-order valence-corrected chi connectivity index (χ2v) is 5.81. The Bertz CT molecular complexity index is 565. The quantitative estimate of drug-likeness (QED) is 0.599. The van der Waals surface area contributed by atoms with E-state index in [0.29, 0.717) is 11.6 Å².